The number of Topliss-reactive ketones (excluding diaryl/α,β-unsaturated/α-hetero) is 1. The number of amides is 2. The molecule has 404 valence electrons. The molecule has 0 aromatic carbocycles. The number of ether oxygens (including phenoxy) is 3. The lowest BCUT2D eigenvalue weighted by atomic mass is 9.87. The number of ketones is 1. The Morgan fingerprint density at radius 3 is 2.31 bits per heavy atom. The summed E-state index contributed by atoms with van der Waals surface area (Å²) in [5, 5.41) is 45.6. The fourth-order valence-electron chi connectivity index (χ4n) is 7.00. The highest BCUT2D eigenvalue weighted by Crippen LogP contribution is 2.56. The van der Waals surface area contributed by atoms with Gasteiger partial charge in [0.15, 0.2) is 29.1 Å². The molecule has 71 heavy (non-hydrogen) atoms. The number of nitrogens with zero attached hydrogens (tertiary/aromatic N) is 4. The number of carbonyl (C=O) groups is 4. The fourth-order valence-corrected chi connectivity index (χ4v) is 10.4. The Bertz CT molecular complexity index is 2240. The van der Waals surface area contributed by atoms with Crippen LogP contribution in [0.3, 0.4) is 0 Å². The van der Waals surface area contributed by atoms with Crippen LogP contribution in [-0.2, 0) is 65.0 Å². The molecule has 2 aromatic rings. The molecular formula is C38H60N7O22P3S-4. The van der Waals surface area contributed by atoms with E-state index in [9.17, 15) is 72.9 Å². The molecular weight excluding hydrogens is 1030 g/mol. The number of anilines is 1. The van der Waals surface area contributed by atoms with Gasteiger partial charge >= 0.3 is 0 Å². The van der Waals surface area contributed by atoms with Crippen molar-refractivity contribution in [2.75, 3.05) is 44.4 Å². The maximum Gasteiger partial charge on any atom is 0.274 e. The lowest BCUT2D eigenvalue weighted by Crippen LogP contribution is -2.47. The lowest BCUT2D eigenvalue weighted by Gasteiger charge is -2.36. The standard InChI is InChI=1S/C38H64N7O22P3S/c1-22-24(47)17-25(48)37(64-22)61-14-9-7-5-4-6-8-10-23(46)16-28(50)71-15-13-40-27(49)11-12-41-35(53)32(52)38(2,3)19-63-70(59,60)67-69(57,58)62-18-26-31(66-68(54,55)56)30(51)36(65-26)45-21-44-29-33(39)42-20-43-34(29)45/h20-22,24-26,30-32,36-37,47-48,51-52H,4-19H2,1-3H3,(H,40,49)(H,41,53)(H,57,58)(H,59,60)(H2,39,42,43)(H2,54,55,56)/p-4/t22-,24+,25+,26+,30+,31+,32-,36+,37+/m0/s1. The number of nitrogen functional groups attached to an aromatic ring is 1. The van der Waals surface area contributed by atoms with Crippen molar-refractivity contribution in [3.8, 4) is 0 Å². The van der Waals surface area contributed by atoms with Gasteiger partial charge in [-0.1, -0.05) is 51.3 Å². The highest BCUT2D eigenvalue weighted by Gasteiger charge is 2.47. The van der Waals surface area contributed by atoms with E-state index in [1.165, 1.54) is 13.8 Å². The van der Waals surface area contributed by atoms with Crippen LogP contribution in [0.1, 0.15) is 91.2 Å². The molecule has 2 saturated heterocycles. The number of unbranched alkanes of at least 4 members (excludes halogenated alkanes) is 5. The predicted octanol–water partition coefficient (Wildman–Crippen LogP) is -2.30. The van der Waals surface area contributed by atoms with E-state index in [4.69, 9.17) is 19.9 Å². The normalized spacial score (nSPS) is 25.1. The summed E-state index contributed by atoms with van der Waals surface area (Å²) in [6.45, 7) is 1.96. The van der Waals surface area contributed by atoms with E-state index >= 15 is 0 Å². The van der Waals surface area contributed by atoms with Gasteiger partial charge in [0, 0.05) is 50.1 Å². The number of nitrogens with two attached hydrogens (primary N) is 1. The van der Waals surface area contributed by atoms with Crippen LogP contribution in [0.15, 0.2) is 12.7 Å². The van der Waals surface area contributed by atoms with Gasteiger partial charge < -0.3 is 88.7 Å². The molecule has 8 N–H and O–H groups in total. The molecule has 4 heterocycles. The maximum atomic E-state index is 12.6. The molecule has 0 radical (unpaired) electrons. The van der Waals surface area contributed by atoms with Crippen LogP contribution in [0, 0.1) is 5.41 Å². The quantitative estimate of drug-likeness (QED) is 0.0237. The summed E-state index contributed by atoms with van der Waals surface area (Å²) in [5.41, 5.74) is 4.01. The van der Waals surface area contributed by atoms with Crippen LogP contribution in [0.5, 0.6) is 0 Å². The average Bonchev–Trinajstić information content (AvgIpc) is 3.84. The molecule has 0 aliphatic carbocycles. The van der Waals surface area contributed by atoms with E-state index in [0.717, 1.165) is 61.1 Å². The van der Waals surface area contributed by atoms with Gasteiger partial charge in [-0.05, 0) is 19.8 Å². The number of thioether (sulfide) groups is 1. The second kappa shape index (κ2) is 27.6. The zero-order chi connectivity index (χ0) is 52.7. The lowest BCUT2D eigenvalue weighted by molar-refractivity contribution is -0.347. The van der Waals surface area contributed by atoms with Crippen LogP contribution in [-0.4, -0.2) is 150 Å². The molecule has 2 fully saturated rings. The molecule has 2 aliphatic heterocycles. The molecule has 2 amide bonds. The predicted molar refractivity (Wildman–Crippen MR) is 237 cm³/mol. The van der Waals surface area contributed by atoms with E-state index in [-0.39, 0.29) is 72.4 Å². The minimum atomic E-state index is -5.95. The largest absolute Gasteiger partial charge is 0.790 e. The number of phosphoric acid groups is 3. The Morgan fingerprint density at radius 1 is 0.930 bits per heavy atom. The third-order valence-corrected chi connectivity index (χ3v) is 14.8. The number of hydrogen-bond acceptors (Lipinski definition) is 27. The molecule has 11 atom stereocenters. The van der Waals surface area contributed by atoms with Crippen molar-refractivity contribution in [2.24, 2.45) is 5.41 Å². The molecule has 33 heteroatoms. The van der Waals surface area contributed by atoms with Gasteiger partial charge in [0.2, 0.25) is 11.8 Å². The average molecular weight is 1090 g/mol. The van der Waals surface area contributed by atoms with Crippen molar-refractivity contribution in [1.82, 2.24) is 30.2 Å². The van der Waals surface area contributed by atoms with Gasteiger partial charge in [-0.15, -0.1) is 0 Å². The van der Waals surface area contributed by atoms with Gasteiger partial charge in [0.1, 0.15) is 48.1 Å². The van der Waals surface area contributed by atoms with Crippen molar-refractivity contribution in [2.45, 2.75) is 140 Å². The van der Waals surface area contributed by atoms with E-state index in [0.29, 0.717) is 13.0 Å². The van der Waals surface area contributed by atoms with E-state index < -0.39 is 109 Å². The van der Waals surface area contributed by atoms with Crippen molar-refractivity contribution in [1.29, 1.82) is 0 Å². The van der Waals surface area contributed by atoms with Crippen LogP contribution in [0.4, 0.5) is 5.82 Å². The number of phosphoric ester groups is 3. The van der Waals surface area contributed by atoms with Gasteiger partial charge in [-0.2, -0.15) is 0 Å². The van der Waals surface area contributed by atoms with Crippen molar-refractivity contribution >= 4 is 74.9 Å². The minimum absolute atomic E-state index is 0.0314. The number of rotatable bonds is 31. The number of imidazole rings is 1. The van der Waals surface area contributed by atoms with E-state index in [1.54, 1.807) is 6.92 Å². The van der Waals surface area contributed by atoms with Crippen molar-refractivity contribution in [3.63, 3.8) is 0 Å². The highest BCUT2D eigenvalue weighted by atomic mass is 32.2. The molecule has 0 saturated carbocycles. The third kappa shape index (κ3) is 20.0. The molecule has 29 nitrogen and oxygen atoms in total. The number of aliphatic hydroxyl groups excluding tert-OH is 4. The zero-order valence-corrected chi connectivity index (χ0v) is 42.4. The van der Waals surface area contributed by atoms with Crippen LogP contribution >= 0.6 is 35.2 Å². The van der Waals surface area contributed by atoms with Gasteiger partial charge in [-0.25, -0.2) is 19.3 Å². The van der Waals surface area contributed by atoms with Crippen LogP contribution in [0.25, 0.3) is 11.2 Å². The SMILES string of the molecule is C[C@@H]1O[C@@H](OCCCCCCCCC(=O)CC(=O)SCCNC(=O)CCNC(=O)[C@H](O)C(C)(C)COP(=O)([O-])OP(=O)([O-])OC[C@H]2O[C@@H](n3cnc4c(N)ncnc43)[C@H](O)[C@@H]2OP(=O)([O-])[O-])[C@H](O)C[C@H]1O. The molecule has 4 rings (SSSR count). The van der Waals surface area contributed by atoms with Crippen LogP contribution in [0.2, 0.25) is 0 Å². The van der Waals surface area contributed by atoms with Crippen molar-refractivity contribution in [3.05, 3.63) is 12.7 Å². The first-order valence-electron chi connectivity index (χ1n) is 22.3. The summed E-state index contributed by atoms with van der Waals surface area (Å²) in [5.74, 6) is -1.68. The smallest absolute Gasteiger partial charge is 0.274 e. The minimum Gasteiger partial charge on any atom is -0.790 e. The van der Waals surface area contributed by atoms with Crippen molar-refractivity contribution < 1.29 is 105 Å². The maximum absolute atomic E-state index is 12.6. The Labute approximate surface area is 411 Å². The summed E-state index contributed by atoms with van der Waals surface area (Å²) in [7, 11) is -17.7. The van der Waals surface area contributed by atoms with Gasteiger partial charge in [-0.3, -0.25) is 32.9 Å². The summed E-state index contributed by atoms with van der Waals surface area (Å²) in [4.78, 5) is 109. The monoisotopic (exact) mass is 1090 g/mol. The Hall–Kier alpha value is -2.93. The number of fused-ring (bicyclic) bond motifs is 1. The van der Waals surface area contributed by atoms with Gasteiger partial charge in [0.25, 0.3) is 15.6 Å². The number of hydrogen-bond donors (Lipinski definition) is 7. The molecule has 2 unspecified atom stereocenters. The van der Waals surface area contributed by atoms with E-state index in [1.807, 2.05) is 0 Å². The first kappa shape index (κ1) is 60.6. The number of carbonyl (C=O) groups excluding carboxylic acids is 4. The molecule has 0 spiro atoms. The first-order chi connectivity index (χ1) is 33.2. The van der Waals surface area contributed by atoms with Crippen LogP contribution < -0.4 is 35.9 Å². The fraction of sp³-hybridized carbons (Fsp3) is 0.763. The first-order valence-corrected chi connectivity index (χ1v) is 27.7. The summed E-state index contributed by atoms with van der Waals surface area (Å²) < 4.78 is 71.8. The number of aromatic nitrogens is 4. The second-order valence-electron chi connectivity index (χ2n) is 17.2. The summed E-state index contributed by atoms with van der Waals surface area (Å²) in [6, 6.07) is 0. The summed E-state index contributed by atoms with van der Waals surface area (Å²) in [6.07, 6.45) is -5.37. The molecule has 2 aliphatic rings. The Kier molecular flexibility index (Phi) is 23.5. The highest BCUT2D eigenvalue weighted by molar-refractivity contribution is 8.13. The topological polar surface area (TPSA) is 451 Å². The zero-order valence-electron chi connectivity index (χ0n) is 38.9. The number of nitrogens with one attached hydrogen (secondary N) is 2. The Balaban J connectivity index is 1.07. The second-order valence-corrected chi connectivity index (χ2v) is 22.5. The third-order valence-electron chi connectivity index (χ3n) is 10.9. The Morgan fingerprint density at radius 2 is 1.61 bits per heavy atom. The molecule has 0 bridgehead atoms. The van der Waals surface area contributed by atoms with Gasteiger partial charge in [0.05, 0.1) is 46.0 Å². The number of aliphatic hydroxyl groups is 4. The van der Waals surface area contributed by atoms with E-state index in [2.05, 4.69) is 43.5 Å². The summed E-state index contributed by atoms with van der Waals surface area (Å²) >= 11 is 0.883. The molecule has 2 aromatic heterocycles.